The first kappa shape index (κ1) is 26.4. The Morgan fingerprint density at radius 1 is 1.13 bits per heavy atom. The van der Waals surface area contributed by atoms with Gasteiger partial charge in [0.05, 0.1) is 28.4 Å². The van der Waals surface area contributed by atoms with E-state index in [-0.39, 0.29) is 22.9 Å². The summed E-state index contributed by atoms with van der Waals surface area (Å²) < 4.78 is 25.8. The van der Waals surface area contributed by atoms with Crippen molar-refractivity contribution in [1.82, 2.24) is 4.98 Å². The zero-order chi connectivity index (χ0) is 27.7. The highest BCUT2D eigenvalue weighted by molar-refractivity contribution is 7.22. The van der Waals surface area contributed by atoms with E-state index in [1.54, 1.807) is 42.5 Å². The van der Waals surface area contributed by atoms with E-state index in [0.29, 0.717) is 34.2 Å². The van der Waals surface area contributed by atoms with Crippen molar-refractivity contribution >= 4 is 55.7 Å². The average molecular weight is 565 g/mol. The molecule has 1 amide bonds. The van der Waals surface area contributed by atoms with Gasteiger partial charge < -0.3 is 14.6 Å². The number of ketones is 1. The Morgan fingerprint density at radius 2 is 1.90 bits per heavy atom. The van der Waals surface area contributed by atoms with Crippen molar-refractivity contribution in [2.75, 3.05) is 18.1 Å². The Balaban J connectivity index is 1.72. The van der Waals surface area contributed by atoms with Crippen LogP contribution in [-0.4, -0.2) is 35.0 Å². The standard InChI is InChI=1S/C29H22ClFN2O5S/c1-3-13-38-21-12-7-17(14-22(21)37-4-2)25-24(26(34)16-5-9-19(31)10-6-16)27(35)28(36)33(25)29-32-20-11-8-18(30)15-23(20)39-29/h3,5-12,14-15,25,34H,1,4,13H2,2H3. The molecule has 0 spiro atoms. The number of carbonyl (C=O) groups is 2. The van der Waals surface area contributed by atoms with Crippen LogP contribution < -0.4 is 14.4 Å². The highest BCUT2D eigenvalue weighted by atomic mass is 35.5. The van der Waals surface area contributed by atoms with E-state index in [4.69, 9.17) is 21.1 Å². The van der Waals surface area contributed by atoms with Gasteiger partial charge in [-0.3, -0.25) is 14.5 Å². The summed E-state index contributed by atoms with van der Waals surface area (Å²) in [4.78, 5) is 32.8. The first-order valence-corrected chi connectivity index (χ1v) is 13.1. The van der Waals surface area contributed by atoms with E-state index in [1.807, 2.05) is 6.92 Å². The van der Waals surface area contributed by atoms with Crippen LogP contribution in [0.15, 0.2) is 78.9 Å². The quantitative estimate of drug-likeness (QED) is 0.111. The van der Waals surface area contributed by atoms with Crippen molar-refractivity contribution in [2.24, 2.45) is 0 Å². The van der Waals surface area contributed by atoms with Crippen molar-refractivity contribution in [3.63, 3.8) is 0 Å². The molecule has 4 aromatic rings. The van der Waals surface area contributed by atoms with Crippen LogP contribution in [0.2, 0.25) is 5.02 Å². The van der Waals surface area contributed by atoms with Gasteiger partial charge in [0.15, 0.2) is 16.6 Å². The van der Waals surface area contributed by atoms with E-state index in [0.717, 1.165) is 16.8 Å². The number of aliphatic hydroxyl groups is 1. The number of halogens is 2. The topological polar surface area (TPSA) is 89.0 Å². The first-order valence-electron chi connectivity index (χ1n) is 12.0. The number of aromatic nitrogens is 1. The van der Waals surface area contributed by atoms with Crippen molar-refractivity contribution in [3.05, 3.63) is 101 Å². The van der Waals surface area contributed by atoms with Crippen LogP contribution in [0.5, 0.6) is 11.5 Å². The second kappa shape index (κ2) is 10.9. The zero-order valence-corrected chi connectivity index (χ0v) is 22.3. The molecule has 1 N–H and O–H groups in total. The summed E-state index contributed by atoms with van der Waals surface area (Å²) >= 11 is 7.34. The lowest BCUT2D eigenvalue weighted by Gasteiger charge is -2.24. The summed E-state index contributed by atoms with van der Waals surface area (Å²) in [6.07, 6.45) is 1.60. The van der Waals surface area contributed by atoms with Gasteiger partial charge in [-0.25, -0.2) is 9.37 Å². The molecule has 198 valence electrons. The van der Waals surface area contributed by atoms with Gasteiger partial charge in [-0.15, -0.1) is 0 Å². The second-order valence-corrected chi connectivity index (χ2v) is 9.97. The van der Waals surface area contributed by atoms with Gasteiger partial charge in [-0.1, -0.05) is 41.7 Å². The van der Waals surface area contributed by atoms with E-state index >= 15 is 0 Å². The van der Waals surface area contributed by atoms with Gasteiger partial charge in [0.1, 0.15) is 18.2 Å². The number of amides is 1. The molecule has 0 bridgehead atoms. The minimum Gasteiger partial charge on any atom is -0.507 e. The zero-order valence-electron chi connectivity index (χ0n) is 20.7. The third-order valence-electron chi connectivity index (χ3n) is 6.05. The Morgan fingerprint density at radius 3 is 2.62 bits per heavy atom. The summed E-state index contributed by atoms with van der Waals surface area (Å²) in [5, 5.41) is 12.0. The second-order valence-electron chi connectivity index (χ2n) is 8.52. The van der Waals surface area contributed by atoms with E-state index in [1.165, 1.54) is 28.4 Å². The van der Waals surface area contributed by atoms with E-state index in [9.17, 15) is 19.1 Å². The van der Waals surface area contributed by atoms with Gasteiger partial charge >= 0.3 is 5.91 Å². The van der Waals surface area contributed by atoms with Crippen LogP contribution in [0.3, 0.4) is 0 Å². The summed E-state index contributed by atoms with van der Waals surface area (Å²) in [7, 11) is 0. The molecular formula is C29H22ClFN2O5S. The lowest BCUT2D eigenvalue weighted by atomic mass is 9.95. The summed E-state index contributed by atoms with van der Waals surface area (Å²) in [6.45, 7) is 6.06. The maximum atomic E-state index is 13.6. The number of benzene rings is 3. The minimum absolute atomic E-state index is 0.161. The predicted molar refractivity (Wildman–Crippen MR) is 149 cm³/mol. The number of hydrogen-bond acceptors (Lipinski definition) is 7. The fourth-order valence-corrected chi connectivity index (χ4v) is 5.60. The smallest absolute Gasteiger partial charge is 0.301 e. The number of ether oxygens (including phenoxy) is 2. The van der Waals surface area contributed by atoms with Crippen molar-refractivity contribution in [3.8, 4) is 11.5 Å². The maximum Gasteiger partial charge on any atom is 0.301 e. The Kier molecular flexibility index (Phi) is 7.36. The molecule has 7 nitrogen and oxygen atoms in total. The molecule has 0 aliphatic carbocycles. The molecule has 5 rings (SSSR count). The molecule has 10 heteroatoms. The molecule has 39 heavy (non-hydrogen) atoms. The third kappa shape index (κ3) is 4.98. The van der Waals surface area contributed by atoms with Gasteiger partial charge in [-0.05, 0) is 67.1 Å². The first-order chi connectivity index (χ1) is 18.8. The number of anilines is 1. The van der Waals surface area contributed by atoms with Crippen molar-refractivity contribution in [1.29, 1.82) is 0 Å². The fraction of sp³-hybridized carbons (Fsp3) is 0.138. The van der Waals surface area contributed by atoms with Crippen LogP contribution in [0.25, 0.3) is 16.0 Å². The lowest BCUT2D eigenvalue weighted by molar-refractivity contribution is -0.132. The monoisotopic (exact) mass is 564 g/mol. The molecule has 0 radical (unpaired) electrons. The number of rotatable bonds is 8. The normalized spacial score (nSPS) is 16.6. The summed E-state index contributed by atoms with van der Waals surface area (Å²) in [5.74, 6) is -1.86. The third-order valence-corrected chi connectivity index (χ3v) is 7.30. The maximum absolute atomic E-state index is 13.6. The molecule has 1 saturated heterocycles. The Labute approximate surface area is 232 Å². The molecule has 1 aliphatic heterocycles. The number of carbonyl (C=O) groups excluding carboxylic acids is 2. The number of nitrogens with zero attached hydrogens (tertiary/aromatic N) is 2. The minimum atomic E-state index is -1.06. The van der Waals surface area contributed by atoms with Crippen molar-refractivity contribution < 1.29 is 28.6 Å². The number of aliphatic hydroxyl groups excluding tert-OH is 1. The summed E-state index contributed by atoms with van der Waals surface area (Å²) in [6, 6.07) is 14.1. The highest BCUT2D eigenvalue weighted by Crippen LogP contribution is 2.46. The van der Waals surface area contributed by atoms with Crippen LogP contribution in [0.1, 0.15) is 24.1 Å². The number of Topliss-reactive ketones (excluding diaryl/α,β-unsaturated/α-hetero) is 1. The Hall–Kier alpha value is -4.21. The fourth-order valence-electron chi connectivity index (χ4n) is 4.33. The van der Waals surface area contributed by atoms with Crippen LogP contribution >= 0.6 is 22.9 Å². The largest absolute Gasteiger partial charge is 0.507 e. The van der Waals surface area contributed by atoms with Gasteiger partial charge in [-0.2, -0.15) is 0 Å². The molecular weight excluding hydrogens is 543 g/mol. The number of thiazole rings is 1. The number of fused-ring (bicyclic) bond motifs is 1. The molecule has 1 fully saturated rings. The molecule has 3 aromatic carbocycles. The molecule has 1 aliphatic rings. The van der Waals surface area contributed by atoms with Gasteiger partial charge in [0, 0.05) is 10.6 Å². The SMILES string of the molecule is C=CCOc1ccc(C2C(=C(O)c3ccc(F)cc3)C(=O)C(=O)N2c2nc3ccc(Cl)cc3s2)cc1OCC. The van der Waals surface area contributed by atoms with Gasteiger partial charge in [0.2, 0.25) is 0 Å². The molecule has 0 saturated carbocycles. The predicted octanol–water partition coefficient (Wildman–Crippen LogP) is 6.68. The van der Waals surface area contributed by atoms with Crippen LogP contribution in [0.4, 0.5) is 9.52 Å². The molecule has 2 heterocycles. The van der Waals surface area contributed by atoms with Crippen LogP contribution in [-0.2, 0) is 9.59 Å². The van der Waals surface area contributed by atoms with E-state index in [2.05, 4.69) is 11.6 Å². The van der Waals surface area contributed by atoms with Crippen LogP contribution in [0, 0.1) is 5.82 Å². The summed E-state index contributed by atoms with van der Waals surface area (Å²) in [5.41, 5.74) is 1.10. The molecule has 1 aromatic heterocycles. The highest BCUT2D eigenvalue weighted by Gasteiger charge is 2.48. The molecule has 1 atom stereocenters. The average Bonchev–Trinajstić information content (AvgIpc) is 3.45. The Bertz CT molecular complexity index is 1630. The molecule has 1 unspecified atom stereocenters. The number of hydrogen-bond donors (Lipinski definition) is 1. The van der Waals surface area contributed by atoms with Crippen molar-refractivity contribution in [2.45, 2.75) is 13.0 Å². The van der Waals surface area contributed by atoms with Gasteiger partial charge in [0.25, 0.3) is 5.78 Å². The van der Waals surface area contributed by atoms with E-state index < -0.39 is 29.3 Å². The lowest BCUT2D eigenvalue weighted by Crippen LogP contribution is -2.29.